The van der Waals surface area contributed by atoms with Crippen molar-refractivity contribution in [3.63, 3.8) is 0 Å². The Hall–Kier alpha value is -4.01. The van der Waals surface area contributed by atoms with Crippen molar-refractivity contribution in [3.8, 4) is 17.4 Å². The SMILES string of the molecule is c1ccc2c(O/N=C(\c3ccc4c(c3)OCO4)n3cncn3)ncnc2c1. The molecule has 0 radical (unpaired) electrons. The lowest BCUT2D eigenvalue weighted by atomic mass is 10.2. The molecule has 5 rings (SSSR count). The number of oxime groups is 1. The summed E-state index contributed by atoms with van der Waals surface area (Å²) in [5.74, 6) is 2.08. The van der Waals surface area contributed by atoms with Gasteiger partial charge in [0, 0.05) is 5.56 Å². The van der Waals surface area contributed by atoms with Gasteiger partial charge in [0.1, 0.15) is 19.0 Å². The largest absolute Gasteiger partial charge is 0.454 e. The molecule has 4 aromatic rings. The zero-order valence-corrected chi connectivity index (χ0v) is 13.9. The van der Waals surface area contributed by atoms with Crippen LogP contribution in [0.25, 0.3) is 10.9 Å². The Morgan fingerprint density at radius 2 is 1.96 bits per heavy atom. The number of para-hydroxylation sites is 1. The Morgan fingerprint density at radius 3 is 2.89 bits per heavy atom. The molecule has 9 nitrogen and oxygen atoms in total. The van der Waals surface area contributed by atoms with Crippen LogP contribution in [0.5, 0.6) is 17.4 Å². The maximum absolute atomic E-state index is 5.66. The maximum Gasteiger partial charge on any atom is 0.259 e. The molecule has 9 heteroatoms. The fraction of sp³-hybridized carbons (Fsp3) is 0.0556. The summed E-state index contributed by atoms with van der Waals surface area (Å²) in [6.07, 6.45) is 4.39. The molecule has 132 valence electrons. The van der Waals surface area contributed by atoms with Gasteiger partial charge in [-0.25, -0.2) is 9.97 Å². The second kappa shape index (κ2) is 6.37. The Kier molecular flexibility index (Phi) is 3.60. The molecule has 0 amide bonds. The molecular weight excluding hydrogens is 348 g/mol. The van der Waals surface area contributed by atoms with Gasteiger partial charge < -0.3 is 14.3 Å². The van der Waals surface area contributed by atoms with Crippen molar-refractivity contribution < 1.29 is 14.3 Å². The van der Waals surface area contributed by atoms with Gasteiger partial charge in [0.05, 0.1) is 10.9 Å². The number of benzene rings is 2. The summed E-state index contributed by atoms with van der Waals surface area (Å²) in [6.45, 7) is 0.192. The summed E-state index contributed by atoms with van der Waals surface area (Å²) in [4.78, 5) is 18.0. The number of aromatic nitrogens is 5. The Morgan fingerprint density at radius 1 is 1.04 bits per heavy atom. The number of fused-ring (bicyclic) bond motifs is 2. The van der Waals surface area contributed by atoms with E-state index in [0.717, 1.165) is 16.5 Å². The Balaban J connectivity index is 1.57. The molecule has 0 bridgehead atoms. The van der Waals surface area contributed by atoms with Gasteiger partial charge in [0.15, 0.2) is 11.5 Å². The van der Waals surface area contributed by atoms with Crippen LogP contribution in [-0.2, 0) is 0 Å². The molecule has 0 atom stereocenters. The molecule has 0 saturated heterocycles. The molecule has 1 aliphatic heterocycles. The van der Waals surface area contributed by atoms with E-state index in [2.05, 4.69) is 25.2 Å². The van der Waals surface area contributed by atoms with E-state index in [1.54, 1.807) is 0 Å². The number of rotatable bonds is 3. The van der Waals surface area contributed by atoms with E-state index in [0.29, 0.717) is 23.2 Å². The summed E-state index contributed by atoms with van der Waals surface area (Å²) in [5, 5.41) is 9.18. The first-order chi connectivity index (χ1) is 13.4. The van der Waals surface area contributed by atoms with Gasteiger partial charge in [0.2, 0.25) is 12.6 Å². The third-order valence-corrected chi connectivity index (χ3v) is 3.99. The summed E-state index contributed by atoms with van der Waals surface area (Å²) < 4.78 is 12.3. The summed E-state index contributed by atoms with van der Waals surface area (Å²) in [6, 6.07) is 13.0. The minimum atomic E-state index is 0.192. The van der Waals surface area contributed by atoms with Crippen LogP contribution in [0.2, 0.25) is 0 Å². The first-order valence-electron chi connectivity index (χ1n) is 8.08. The van der Waals surface area contributed by atoms with E-state index in [9.17, 15) is 0 Å². The molecule has 1 aliphatic rings. The summed E-state index contributed by atoms with van der Waals surface area (Å²) in [5.41, 5.74) is 1.49. The van der Waals surface area contributed by atoms with Crippen molar-refractivity contribution in [3.05, 3.63) is 67.0 Å². The number of hydrogen-bond acceptors (Lipinski definition) is 8. The minimum Gasteiger partial charge on any atom is -0.454 e. The van der Waals surface area contributed by atoms with Crippen LogP contribution in [0.4, 0.5) is 0 Å². The highest BCUT2D eigenvalue weighted by atomic mass is 16.7. The normalized spacial score (nSPS) is 13.1. The fourth-order valence-corrected chi connectivity index (χ4v) is 2.72. The van der Waals surface area contributed by atoms with E-state index in [4.69, 9.17) is 14.3 Å². The van der Waals surface area contributed by atoms with Crippen LogP contribution < -0.4 is 14.3 Å². The number of hydrogen-bond donors (Lipinski definition) is 0. The Labute approximate surface area is 152 Å². The topological polar surface area (TPSA) is 96.5 Å². The lowest BCUT2D eigenvalue weighted by Gasteiger charge is -2.08. The first kappa shape index (κ1) is 15.3. The predicted octanol–water partition coefficient (Wildman–Crippen LogP) is 2.24. The summed E-state index contributed by atoms with van der Waals surface area (Å²) >= 11 is 0. The molecular formula is C18H12N6O3. The van der Waals surface area contributed by atoms with E-state index in [-0.39, 0.29) is 6.79 Å². The van der Waals surface area contributed by atoms with E-state index in [1.807, 2.05) is 42.5 Å². The minimum absolute atomic E-state index is 0.192. The second-order valence-corrected chi connectivity index (χ2v) is 5.61. The molecule has 3 heterocycles. The lowest BCUT2D eigenvalue weighted by molar-refractivity contribution is 0.174. The fourth-order valence-electron chi connectivity index (χ4n) is 2.72. The van der Waals surface area contributed by atoms with Crippen molar-refractivity contribution >= 4 is 16.7 Å². The Bertz CT molecular complexity index is 1140. The van der Waals surface area contributed by atoms with E-state index in [1.165, 1.54) is 23.7 Å². The molecule has 0 aliphatic carbocycles. The van der Waals surface area contributed by atoms with Crippen LogP contribution in [0.3, 0.4) is 0 Å². The van der Waals surface area contributed by atoms with Crippen molar-refractivity contribution in [2.24, 2.45) is 5.16 Å². The third-order valence-electron chi connectivity index (χ3n) is 3.99. The van der Waals surface area contributed by atoms with Gasteiger partial charge in [-0.3, -0.25) is 0 Å². The first-order valence-corrected chi connectivity index (χ1v) is 8.08. The third kappa shape index (κ3) is 2.80. The van der Waals surface area contributed by atoms with Crippen LogP contribution in [-0.4, -0.2) is 37.4 Å². The van der Waals surface area contributed by atoms with Gasteiger partial charge in [-0.1, -0.05) is 17.3 Å². The zero-order chi connectivity index (χ0) is 18.1. The molecule has 0 N–H and O–H groups in total. The maximum atomic E-state index is 5.66. The second-order valence-electron chi connectivity index (χ2n) is 5.61. The van der Waals surface area contributed by atoms with Crippen molar-refractivity contribution in [2.45, 2.75) is 0 Å². The monoisotopic (exact) mass is 360 g/mol. The van der Waals surface area contributed by atoms with Crippen molar-refractivity contribution in [2.75, 3.05) is 6.79 Å². The highest BCUT2D eigenvalue weighted by Crippen LogP contribution is 2.32. The molecule has 0 unspecified atom stereocenters. The van der Waals surface area contributed by atoms with Crippen LogP contribution in [0, 0.1) is 0 Å². The number of ether oxygens (including phenoxy) is 2. The van der Waals surface area contributed by atoms with Crippen molar-refractivity contribution in [1.82, 2.24) is 24.7 Å². The van der Waals surface area contributed by atoms with E-state index < -0.39 is 0 Å². The quantitative estimate of drug-likeness (QED) is 0.314. The molecule has 2 aromatic carbocycles. The van der Waals surface area contributed by atoms with Crippen molar-refractivity contribution in [1.29, 1.82) is 0 Å². The lowest BCUT2D eigenvalue weighted by Crippen LogP contribution is -2.15. The smallest absolute Gasteiger partial charge is 0.259 e. The average molecular weight is 360 g/mol. The van der Waals surface area contributed by atoms with E-state index >= 15 is 0 Å². The molecule has 0 spiro atoms. The predicted molar refractivity (Wildman–Crippen MR) is 94.7 cm³/mol. The zero-order valence-electron chi connectivity index (χ0n) is 13.9. The molecule has 0 saturated carbocycles. The van der Waals surface area contributed by atoms with Gasteiger partial charge in [0.25, 0.3) is 5.88 Å². The van der Waals surface area contributed by atoms with Crippen LogP contribution >= 0.6 is 0 Å². The van der Waals surface area contributed by atoms with Gasteiger partial charge in [-0.2, -0.15) is 14.8 Å². The number of nitrogens with zero attached hydrogens (tertiary/aromatic N) is 6. The van der Waals surface area contributed by atoms with Crippen LogP contribution in [0.1, 0.15) is 5.56 Å². The van der Waals surface area contributed by atoms with Gasteiger partial charge in [-0.15, -0.1) is 0 Å². The standard InChI is InChI=1S/C18H12N6O3/c1-2-4-14-13(3-1)18(21-9-20-14)27-23-17(24-10-19-8-22-24)12-5-6-15-16(7-12)26-11-25-15/h1-10H,11H2/b23-17+. The highest BCUT2D eigenvalue weighted by molar-refractivity contribution is 6.00. The van der Waals surface area contributed by atoms with Gasteiger partial charge in [-0.05, 0) is 30.3 Å². The molecule has 27 heavy (non-hydrogen) atoms. The highest BCUT2D eigenvalue weighted by Gasteiger charge is 2.17. The molecule has 0 fully saturated rings. The van der Waals surface area contributed by atoms with Crippen LogP contribution in [0.15, 0.2) is 66.6 Å². The van der Waals surface area contributed by atoms with Gasteiger partial charge >= 0.3 is 0 Å². The summed E-state index contributed by atoms with van der Waals surface area (Å²) in [7, 11) is 0. The average Bonchev–Trinajstić information content (AvgIpc) is 3.40. The molecule has 2 aromatic heterocycles.